The molecule has 2 unspecified atom stereocenters. The summed E-state index contributed by atoms with van der Waals surface area (Å²) in [4.78, 5) is 4.21. The molecule has 0 heterocycles. The molecular weight excluding hydrogens is 344 g/mol. The Hall–Kier alpha value is -0.470. The number of aliphatic imine (C=N–C) groups is 1. The smallest absolute Gasteiger partial charge is 0.213 e. The fourth-order valence-corrected chi connectivity index (χ4v) is 5.31. The van der Waals surface area contributed by atoms with Crippen molar-refractivity contribution in [3.8, 4) is 0 Å². The van der Waals surface area contributed by atoms with Crippen molar-refractivity contribution in [2.24, 2.45) is 10.9 Å². The van der Waals surface area contributed by atoms with Crippen LogP contribution in [0.15, 0.2) is 4.99 Å². The minimum Gasteiger partial charge on any atom is -0.355 e. The molecule has 2 fully saturated rings. The van der Waals surface area contributed by atoms with E-state index in [1.807, 2.05) is 11.8 Å². The van der Waals surface area contributed by atoms with Gasteiger partial charge in [0.05, 0.1) is 5.75 Å². The Morgan fingerprint density at radius 2 is 2.04 bits per heavy atom. The lowest BCUT2D eigenvalue weighted by molar-refractivity contribution is 0.316. The minimum absolute atomic E-state index is 0.0827. The zero-order valence-electron chi connectivity index (χ0n) is 14.9. The first kappa shape index (κ1) is 19.8. The molecule has 0 amide bonds. The molecule has 2 atom stereocenters. The fourth-order valence-electron chi connectivity index (χ4n) is 3.16. The number of nitrogens with one attached hydrogen (secondary N) is 3. The Kier molecular flexibility index (Phi) is 8.16. The van der Waals surface area contributed by atoms with Crippen LogP contribution < -0.4 is 15.4 Å². The third kappa shape index (κ3) is 6.80. The lowest BCUT2D eigenvalue weighted by Gasteiger charge is -2.25. The topological polar surface area (TPSA) is 82.6 Å². The van der Waals surface area contributed by atoms with Crippen LogP contribution in [0.3, 0.4) is 0 Å². The first-order chi connectivity index (χ1) is 11.5. The Bertz CT molecular complexity index is 506. The molecule has 24 heavy (non-hydrogen) atoms. The number of thioether (sulfide) groups is 1. The van der Waals surface area contributed by atoms with Gasteiger partial charge in [0.1, 0.15) is 0 Å². The molecule has 0 bridgehead atoms. The molecule has 0 radical (unpaired) electrons. The van der Waals surface area contributed by atoms with E-state index in [1.54, 1.807) is 7.05 Å². The maximum atomic E-state index is 12.0. The zero-order chi connectivity index (χ0) is 17.4. The van der Waals surface area contributed by atoms with Crippen molar-refractivity contribution in [1.82, 2.24) is 15.4 Å². The Morgan fingerprint density at radius 3 is 2.67 bits per heavy atom. The van der Waals surface area contributed by atoms with E-state index in [4.69, 9.17) is 0 Å². The van der Waals surface area contributed by atoms with Crippen molar-refractivity contribution in [2.75, 3.05) is 31.6 Å². The number of rotatable bonds is 9. The molecule has 2 rings (SSSR count). The van der Waals surface area contributed by atoms with Crippen molar-refractivity contribution < 1.29 is 8.42 Å². The van der Waals surface area contributed by atoms with Crippen molar-refractivity contribution in [3.05, 3.63) is 0 Å². The van der Waals surface area contributed by atoms with E-state index in [2.05, 4.69) is 27.3 Å². The number of guanidine groups is 1. The molecular formula is C16H32N4O2S2. The van der Waals surface area contributed by atoms with Crippen molar-refractivity contribution in [3.63, 3.8) is 0 Å². The van der Waals surface area contributed by atoms with Gasteiger partial charge in [0, 0.05) is 31.4 Å². The van der Waals surface area contributed by atoms with Gasteiger partial charge in [-0.05, 0) is 43.8 Å². The molecule has 6 nitrogen and oxygen atoms in total. The minimum atomic E-state index is -3.20. The lowest BCUT2D eigenvalue weighted by atomic mass is 9.86. The number of nitrogens with zero attached hydrogens (tertiary/aromatic N) is 1. The summed E-state index contributed by atoms with van der Waals surface area (Å²) >= 11 is 2.02. The van der Waals surface area contributed by atoms with E-state index in [0.29, 0.717) is 31.0 Å². The van der Waals surface area contributed by atoms with E-state index in [-0.39, 0.29) is 5.75 Å². The van der Waals surface area contributed by atoms with Crippen LogP contribution in [-0.4, -0.2) is 57.3 Å². The van der Waals surface area contributed by atoms with Crippen LogP contribution in [0.4, 0.5) is 0 Å². The predicted molar refractivity (Wildman–Crippen MR) is 103 cm³/mol. The highest BCUT2D eigenvalue weighted by molar-refractivity contribution is 7.99. The summed E-state index contributed by atoms with van der Waals surface area (Å²) in [5, 5.41) is 7.28. The standard InChI is InChI=1S/C16H32N4O2S2/c1-3-23-15-8-7-14(11-15)20-16(17-2)18-9-10-24(21,22)19-12-13-5-4-6-13/h13-15,19H,3-12H2,1-2H3,(H2,17,18,20). The first-order valence-electron chi connectivity index (χ1n) is 9.08. The lowest BCUT2D eigenvalue weighted by Crippen LogP contribution is -2.45. The molecule has 0 aromatic heterocycles. The highest BCUT2D eigenvalue weighted by atomic mass is 32.2. The Balaban J connectivity index is 1.64. The van der Waals surface area contributed by atoms with E-state index in [9.17, 15) is 8.42 Å². The van der Waals surface area contributed by atoms with Crippen LogP contribution in [0.5, 0.6) is 0 Å². The van der Waals surface area contributed by atoms with Gasteiger partial charge in [-0.1, -0.05) is 13.3 Å². The second-order valence-electron chi connectivity index (χ2n) is 6.69. The highest BCUT2D eigenvalue weighted by Crippen LogP contribution is 2.29. The molecule has 0 saturated heterocycles. The monoisotopic (exact) mass is 376 g/mol. The van der Waals surface area contributed by atoms with Gasteiger partial charge in [-0.2, -0.15) is 11.8 Å². The van der Waals surface area contributed by atoms with Gasteiger partial charge in [-0.25, -0.2) is 13.1 Å². The molecule has 140 valence electrons. The molecule has 0 spiro atoms. The summed E-state index contributed by atoms with van der Waals surface area (Å²) in [5.74, 6) is 2.49. The summed E-state index contributed by atoms with van der Waals surface area (Å²) in [6.45, 7) is 3.17. The maximum absolute atomic E-state index is 12.0. The van der Waals surface area contributed by atoms with Gasteiger partial charge >= 0.3 is 0 Å². The predicted octanol–water partition coefficient (Wildman–Crippen LogP) is 1.55. The second kappa shape index (κ2) is 9.87. The van der Waals surface area contributed by atoms with Crippen LogP contribution in [0, 0.1) is 5.92 Å². The number of hydrogen-bond acceptors (Lipinski definition) is 4. The summed E-state index contributed by atoms with van der Waals surface area (Å²) in [6, 6.07) is 0.439. The molecule has 8 heteroatoms. The van der Waals surface area contributed by atoms with Crippen LogP contribution >= 0.6 is 11.8 Å². The molecule has 0 aromatic rings. The molecule has 3 N–H and O–H groups in total. The molecule has 2 aliphatic carbocycles. The van der Waals surface area contributed by atoms with Gasteiger partial charge in [-0.15, -0.1) is 0 Å². The van der Waals surface area contributed by atoms with Gasteiger partial charge in [0.2, 0.25) is 10.0 Å². The highest BCUT2D eigenvalue weighted by Gasteiger charge is 2.25. The third-order valence-electron chi connectivity index (χ3n) is 4.83. The Labute approximate surface area is 151 Å². The van der Waals surface area contributed by atoms with Gasteiger partial charge in [0.25, 0.3) is 0 Å². The van der Waals surface area contributed by atoms with Gasteiger partial charge in [-0.3, -0.25) is 4.99 Å². The zero-order valence-corrected chi connectivity index (χ0v) is 16.5. The van der Waals surface area contributed by atoms with E-state index < -0.39 is 10.0 Å². The van der Waals surface area contributed by atoms with Crippen molar-refractivity contribution in [1.29, 1.82) is 0 Å². The third-order valence-corrected chi connectivity index (χ3v) is 7.41. The SMILES string of the molecule is CCSC1CCC(NC(=NC)NCCS(=O)(=O)NCC2CCC2)C1. The van der Waals surface area contributed by atoms with Crippen LogP contribution in [0.25, 0.3) is 0 Å². The van der Waals surface area contributed by atoms with Gasteiger partial charge in [0.15, 0.2) is 5.96 Å². The second-order valence-corrected chi connectivity index (χ2v) is 10.2. The molecule has 0 aliphatic heterocycles. The van der Waals surface area contributed by atoms with Crippen molar-refractivity contribution >= 4 is 27.7 Å². The van der Waals surface area contributed by atoms with E-state index in [1.165, 1.54) is 12.8 Å². The largest absolute Gasteiger partial charge is 0.355 e. The number of sulfonamides is 1. The fraction of sp³-hybridized carbons (Fsp3) is 0.938. The average Bonchev–Trinajstić information content (AvgIpc) is 2.92. The number of hydrogen-bond donors (Lipinski definition) is 3. The molecule has 2 saturated carbocycles. The van der Waals surface area contributed by atoms with Crippen LogP contribution in [0.2, 0.25) is 0 Å². The first-order valence-corrected chi connectivity index (χ1v) is 11.8. The summed E-state index contributed by atoms with van der Waals surface area (Å²) in [7, 11) is -1.47. The summed E-state index contributed by atoms with van der Waals surface area (Å²) in [6.07, 6.45) is 7.08. The van der Waals surface area contributed by atoms with Gasteiger partial charge < -0.3 is 10.6 Å². The van der Waals surface area contributed by atoms with E-state index in [0.717, 1.165) is 36.7 Å². The molecule has 0 aromatic carbocycles. The molecule has 2 aliphatic rings. The normalized spacial score (nSPS) is 25.5. The summed E-state index contributed by atoms with van der Waals surface area (Å²) < 4.78 is 26.7. The van der Waals surface area contributed by atoms with Crippen molar-refractivity contribution in [2.45, 2.75) is 56.7 Å². The summed E-state index contributed by atoms with van der Waals surface area (Å²) in [5.41, 5.74) is 0. The van der Waals surface area contributed by atoms with E-state index >= 15 is 0 Å². The van der Waals surface area contributed by atoms with Crippen LogP contribution in [-0.2, 0) is 10.0 Å². The quantitative estimate of drug-likeness (QED) is 0.420. The maximum Gasteiger partial charge on any atom is 0.213 e. The Morgan fingerprint density at radius 1 is 1.25 bits per heavy atom. The average molecular weight is 377 g/mol. The van der Waals surface area contributed by atoms with Crippen LogP contribution in [0.1, 0.15) is 45.4 Å².